The van der Waals surface area contributed by atoms with Gasteiger partial charge in [0, 0.05) is 6.04 Å². The first-order valence-corrected chi connectivity index (χ1v) is 4.90. The number of halogens is 1. The lowest BCUT2D eigenvalue weighted by Crippen LogP contribution is -2.23. The molecular formula is C11H17ClN2O3. The lowest BCUT2D eigenvalue weighted by molar-refractivity contribution is 0.0997. The Balaban J connectivity index is 0.00000256. The van der Waals surface area contributed by atoms with E-state index in [9.17, 15) is 4.79 Å². The lowest BCUT2D eigenvalue weighted by atomic mass is 10.2. The monoisotopic (exact) mass is 260 g/mol. The first-order chi connectivity index (χ1) is 7.54. The summed E-state index contributed by atoms with van der Waals surface area (Å²) in [4.78, 5) is 11.1. The topological polar surface area (TPSA) is 87.6 Å². The predicted octanol–water partition coefficient (Wildman–Crippen LogP) is 0.942. The van der Waals surface area contributed by atoms with Crippen LogP contribution in [0.25, 0.3) is 0 Å². The summed E-state index contributed by atoms with van der Waals surface area (Å²) in [6.45, 7) is 2.21. The Kier molecular flexibility index (Phi) is 6.38. The molecule has 0 aromatic heterocycles. The number of methoxy groups -OCH3 is 1. The number of hydrogen-bond donors (Lipinski definition) is 2. The number of primary amides is 1. The van der Waals surface area contributed by atoms with Crippen LogP contribution in [0.5, 0.6) is 11.5 Å². The second kappa shape index (κ2) is 6.98. The summed E-state index contributed by atoms with van der Waals surface area (Å²) in [5.74, 6) is 0.427. The predicted molar refractivity (Wildman–Crippen MR) is 67.9 cm³/mol. The molecule has 1 amide bonds. The van der Waals surface area contributed by atoms with Crippen molar-refractivity contribution in [2.75, 3.05) is 13.7 Å². The molecule has 0 bridgehead atoms. The maximum Gasteiger partial charge on any atom is 0.252 e. The van der Waals surface area contributed by atoms with Gasteiger partial charge < -0.3 is 20.9 Å². The van der Waals surface area contributed by atoms with E-state index in [1.165, 1.54) is 7.11 Å². The van der Waals surface area contributed by atoms with Crippen molar-refractivity contribution in [3.8, 4) is 11.5 Å². The summed E-state index contributed by atoms with van der Waals surface area (Å²) >= 11 is 0. The zero-order valence-electron chi connectivity index (χ0n) is 9.80. The highest BCUT2D eigenvalue weighted by Gasteiger charge is 2.10. The van der Waals surface area contributed by atoms with Gasteiger partial charge in [0.2, 0.25) is 0 Å². The third-order valence-electron chi connectivity index (χ3n) is 1.95. The Labute approximate surface area is 106 Å². The molecule has 0 fully saturated rings. The minimum absolute atomic E-state index is 0. The van der Waals surface area contributed by atoms with Crippen LogP contribution in [0.15, 0.2) is 18.2 Å². The normalized spacial score (nSPS) is 11.2. The Morgan fingerprint density at radius 3 is 2.59 bits per heavy atom. The molecule has 0 spiro atoms. The van der Waals surface area contributed by atoms with Crippen LogP contribution in [-0.4, -0.2) is 25.7 Å². The Hall–Kier alpha value is -1.46. The van der Waals surface area contributed by atoms with E-state index >= 15 is 0 Å². The number of ether oxygens (including phenoxy) is 2. The van der Waals surface area contributed by atoms with E-state index in [4.69, 9.17) is 20.9 Å². The molecule has 0 saturated heterocycles. The van der Waals surface area contributed by atoms with Crippen molar-refractivity contribution >= 4 is 18.3 Å². The SMILES string of the molecule is COc1ccc(OCC(C)N)cc1C(N)=O.Cl. The second-order valence-electron chi connectivity index (χ2n) is 3.51. The van der Waals surface area contributed by atoms with E-state index in [1.807, 2.05) is 6.92 Å². The van der Waals surface area contributed by atoms with Crippen LogP contribution in [0.4, 0.5) is 0 Å². The van der Waals surface area contributed by atoms with Gasteiger partial charge in [0.25, 0.3) is 5.91 Å². The molecule has 1 atom stereocenters. The number of amides is 1. The van der Waals surface area contributed by atoms with Crippen molar-refractivity contribution in [2.24, 2.45) is 11.5 Å². The molecule has 0 aliphatic rings. The first-order valence-electron chi connectivity index (χ1n) is 4.90. The molecule has 1 aromatic rings. The molecule has 1 unspecified atom stereocenters. The van der Waals surface area contributed by atoms with Crippen molar-refractivity contribution in [2.45, 2.75) is 13.0 Å². The van der Waals surface area contributed by atoms with E-state index < -0.39 is 5.91 Å². The van der Waals surface area contributed by atoms with Crippen LogP contribution in [0.2, 0.25) is 0 Å². The quantitative estimate of drug-likeness (QED) is 0.825. The fourth-order valence-electron chi connectivity index (χ4n) is 1.20. The van der Waals surface area contributed by atoms with Gasteiger partial charge in [-0.15, -0.1) is 12.4 Å². The minimum atomic E-state index is -0.553. The highest BCUT2D eigenvalue weighted by atomic mass is 35.5. The summed E-state index contributed by atoms with van der Waals surface area (Å²) < 4.78 is 10.4. The van der Waals surface area contributed by atoms with E-state index in [-0.39, 0.29) is 18.4 Å². The molecule has 1 rings (SSSR count). The maximum absolute atomic E-state index is 11.1. The maximum atomic E-state index is 11.1. The fraction of sp³-hybridized carbons (Fsp3) is 0.364. The van der Waals surface area contributed by atoms with Crippen molar-refractivity contribution < 1.29 is 14.3 Å². The summed E-state index contributed by atoms with van der Waals surface area (Å²) in [7, 11) is 1.48. The number of hydrogen-bond acceptors (Lipinski definition) is 4. The van der Waals surface area contributed by atoms with Gasteiger partial charge >= 0.3 is 0 Å². The van der Waals surface area contributed by atoms with Crippen LogP contribution in [0.1, 0.15) is 17.3 Å². The van der Waals surface area contributed by atoms with Gasteiger partial charge in [0.1, 0.15) is 18.1 Å². The molecule has 5 nitrogen and oxygen atoms in total. The molecule has 96 valence electrons. The van der Waals surface area contributed by atoms with E-state index in [2.05, 4.69) is 0 Å². The fourth-order valence-corrected chi connectivity index (χ4v) is 1.20. The molecule has 1 aromatic carbocycles. The summed E-state index contributed by atoms with van der Waals surface area (Å²) in [6.07, 6.45) is 0. The van der Waals surface area contributed by atoms with Crippen molar-refractivity contribution in [1.29, 1.82) is 0 Å². The highest BCUT2D eigenvalue weighted by molar-refractivity contribution is 5.96. The van der Waals surface area contributed by atoms with Crippen LogP contribution < -0.4 is 20.9 Å². The number of benzene rings is 1. The molecule has 0 radical (unpaired) electrons. The smallest absolute Gasteiger partial charge is 0.252 e. The van der Waals surface area contributed by atoms with Gasteiger partial charge in [0.15, 0.2) is 0 Å². The average Bonchev–Trinajstić information content (AvgIpc) is 2.25. The molecular weight excluding hydrogens is 244 g/mol. The molecule has 6 heteroatoms. The largest absolute Gasteiger partial charge is 0.496 e. The molecule has 4 N–H and O–H groups in total. The van der Waals surface area contributed by atoms with Gasteiger partial charge in [-0.05, 0) is 25.1 Å². The molecule has 0 aliphatic carbocycles. The van der Waals surface area contributed by atoms with Gasteiger partial charge in [-0.1, -0.05) is 0 Å². The lowest BCUT2D eigenvalue weighted by Gasteiger charge is -2.11. The molecule has 0 heterocycles. The molecule has 0 saturated carbocycles. The van der Waals surface area contributed by atoms with Gasteiger partial charge in [-0.3, -0.25) is 4.79 Å². The Morgan fingerprint density at radius 1 is 1.47 bits per heavy atom. The van der Waals surface area contributed by atoms with E-state index in [1.54, 1.807) is 18.2 Å². The summed E-state index contributed by atoms with van der Waals surface area (Å²) in [5, 5.41) is 0. The number of carbonyl (C=O) groups excluding carboxylic acids is 1. The zero-order valence-corrected chi connectivity index (χ0v) is 10.6. The average molecular weight is 261 g/mol. The van der Waals surface area contributed by atoms with E-state index in [0.29, 0.717) is 23.7 Å². The third kappa shape index (κ3) is 4.50. The molecule has 0 aliphatic heterocycles. The van der Waals surface area contributed by atoms with Gasteiger partial charge in [0.05, 0.1) is 12.7 Å². The van der Waals surface area contributed by atoms with Crippen LogP contribution in [0, 0.1) is 0 Å². The first kappa shape index (κ1) is 15.5. The van der Waals surface area contributed by atoms with Crippen LogP contribution >= 0.6 is 12.4 Å². The van der Waals surface area contributed by atoms with Crippen LogP contribution in [-0.2, 0) is 0 Å². The standard InChI is InChI=1S/C11H16N2O3.ClH/c1-7(12)6-16-8-3-4-10(15-2)9(5-8)11(13)14;/h3-5,7H,6,12H2,1-2H3,(H2,13,14);1H. The third-order valence-corrected chi connectivity index (χ3v) is 1.95. The zero-order chi connectivity index (χ0) is 12.1. The number of rotatable bonds is 5. The van der Waals surface area contributed by atoms with Gasteiger partial charge in [-0.2, -0.15) is 0 Å². The van der Waals surface area contributed by atoms with Crippen molar-refractivity contribution in [3.05, 3.63) is 23.8 Å². The summed E-state index contributed by atoms with van der Waals surface area (Å²) in [5.41, 5.74) is 11.1. The van der Waals surface area contributed by atoms with Crippen molar-refractivity contribution in [1.82, 2.24) is 0 Å². The number of nitrogens with two attached hydrogens (primary N) is 2. The number of carbonyl (C=O) groups is 1. The van der Waals surface area contributed by atoms with Crippen molar-refractivity contribution in [3.63, 3.8) is 0 Å². The second-order valence-corrected chi connectivity index (χ2v) is 3.51. The molecule has 17 heavy (non-hydrogen) atoms. The highest BCUT2D eigenvalue weighted by Crippen LogP contribution is 2.23. The minimum Gasteiger partial charge on any atom is -0.496 e. The van der Waals surface area contributed by atoms with Gasteiger partial charge in [-0.25, -0.2) is 0 Å². The van der Waals surface area contributed by atoms with E-state index in [0.717, 1.165) is 0 Å². The Bertz CT molecular complexity index is 383. The van der Waals surface area contributed by atoms with Crippen LogP contribution in [0.3, 0.4) is 0 Å². The summed E-state index contributed by atoms with van der Waals surface area (Å²) in [6, 6.07) is 4.81. The Morgan fingerprint density at radius 2 is 2.12 bits per heavy atom.